The van der Waals surface area contributed by atoms with Crippen LogP contribution >= 0.6 is 11.6 Å². The van der Waals surface area contributed by atoms with Crippen molar-refractivity contribution in [2.45, 2.75) is 6.61 Å². The highest BCUT2D eigenvalue weighted by atomic mass is 35.5. The van der Waals surface area contributed by atoms with Crippen LogP contribution in [0.1, 0.15) is 16.1 Å². The van der Waals surface area contributed by atoms with Gasteiger partial charge in [0.25, 0.3) is 5.91 Å². The molecule has 0 aliphatic carbocycles. The molecule has 2 aromatic carbocycles. The number of nitrogens with one attached hydrogen (secondary N) is 2. The standard InChI is InChI=1S/C21H19ClN4O2/c1-2-12-23-21-24-13-11-19(26-21)20(27)25-17-7-9-18(10-8-17)28-14-15-3-5-16(22)6-4-15/h2-11,13H,1,12,14H2,(H,25,27)(H,23,24,26). The average molecular weight is 395 g/mol. The summed E-state index contributed by atoms with van der Waals surface area (Å²) < 4.78 is 5.74. The Bertz CT molecular complexity index is 943. The van der Waals surface area contributed by atoms with E-state index in [0.29, 0.717) is 35.6 Å². The van der Waals surface area contributed by atoms with Crippen LogP contribution in [-0.2, 0) is 6.61 Å². The summed E-state index contributed by atoms with van der Waals surface area (Å²) in [5.41, 5.74) is 1.93. The first-order valence-corrected chi connectivity index (χ1v) is 8.98. The van der Waals surface area contributed by atoms with Gasteiger partial charge in [0.1, 0.15) is 18.1 Å². The lowest BCUT2D eigenvalue weighted by Crippen LogP contribution is -2.15. The van der Waals surface area contributed by atoms with E-state index in [0.717, 1.165) is 5.56 Å². The monoisotopic (exact) mass is 394 g/mol. The summed E-state index contributed by atoms with van der Waals surface area (Å²) in [6, 6.07) is 16.2. The Morgan fingerprint density at radius 1 is 1.11 bits per heavy atom. The number of halogens is 1. The topological polar surface area (TPSA) is 76.1 Å². The lowest BCUT2D eigenvalue weighted by molar-refractivity contribution is 0.102. The Labute approximate surface area is 168 Å². The largest absolute Gasteiger partial charge is 0.489 e. The first-order chi connectivity index (χ1) is 13.6. The van der Waals surface area contributed by atoms with Gasteiger partial charge in [0.05, 0.1) is 0 Å². The quantitative estimate of drug-likeness (QED) is 0.548. The number of anilines is 2. The van der Waals surface area contributed by atoms with E-state index in [1.165, 1.54) is 6.20 Å². The Morgan fingerprint density at radius 2 is 1.86 bits per heavy atom. The predicted octanol–water partition coefficient (Wildman–Crippen LogP) is 4.56. The van der Waals surface area contributed by atoms with Crippen LogP contribution in [0.3, 0.4) is 0 Å². The molecule has 0 atom stereocenters. The molecule has 1 amide bonds. The van der Waals surface area contributed by atoms with Crippen molar-refractivity contribution in [2.24, 2.45) is 0 Å². The number of rotatable bonds is 8. The molecule has 0 fully saturated rings. The molecule has 7 heteroatoms. The van der Waals surface area contributed by atoms with Gasteiger partial charge in [-0.3, -0.25) is 4.79 Å². The molecule has 1 heterocycles. The van der Waals surface area contributed by atoms with Crippen LogP contribution in [0.2, 0.25) is 5.02 Å². The number of aromatic nitrogens is 2. The molecule has 3 aromatic rings. The Balaban J connectivity index is 1.56. The van der Waals surface area contributed by atoms with Crippen LogP contribution in [0, 0.1) is 0 Å². The fraction of sp³-hybridized carbons (Fsp3) is 0.0952. The van der Waals surface area contributed by atoms with Crippen LogP contribution in [-0.4, -0.2) is 22.4 Å². The minimum Gasteiger partial charge on any atom is -0.489 e. The highest BCUT2D eigenvalue weighted by molar-refractivity contribution is 6.30. The van der Waals surface area contributed by atoms with E-state index >= 15 is 0 Å². The van der Waals surface area contributed by atoms with Crippen LogP contribution in [0.25, 0.3) is 0 Å². The fourth-order valence-electron chi connectivity index (χ4n) is 2.31. The number of amides is 1. The summed E-state index contributed by atoms with van der Waals surface area (Å²) in [5, 5.41) is 6.44. The number of carbonyl (C=O) groups excluding carboxylic acids is 1. The summed E-state index contributed by atoms with van der Waals surface area (Å²) in [6.07, 6.45) is 3.22. The van der Waals surface area contributed by atoms with Gasteiger partial charge >= 0.3 is 0 Å². The van der Waals surface area contributed by atoms with E-state index in [9.17, 15) is 4.79 Å². The predicted molar refractivity (Wildman–Crippen MR) is 111 cm³/mol. The number of ether oxygens (including phenoxy) is 1. The molecule has 2 N–H and O–H groups in total. The molecule has 0 saturated carbocycles. The van der Waals surface area contributed by atoms with Crippen molar-refractivity contribution in [3.8, 4) is 5.75 Å². The minimum absolute atomic E-state index is 0.268. The molecule has 6 nitrogen and oxygen atoms in total. The second-order valence-electron chi connectivity index (χ2n) is 5.83. The van der Waals surface area contributed by atoms with E-state index in [2.05, 4.69) is 27.2 Å². The van der Waals surface area contributed by atoms with Gasteiger partial charge < -0.3 is 15.4 Å². The normalized spacial score (nSPS) is 10.2. The summed E-state index contributed by atoms with van der Waals surface area (Å²) in [7, 11) is 0. The molecule has 28 heavy (non-hydrogen) atoms. The van der Waals surface area contributed by atoms with Gasteiger partial charge in [-0.25, -0.2) is 9.97 Å². The maximum Gasteiger partial charge on any atom is 0.274 e. The minimum atomic E-state index is -0.320. The van der Waals surface area contributed by atoms with Gasteiger partial charge in [-0.05, 0) is 48.0 Å². The molecule has 142 valence electrons. The lowest BCUT2D eigenvalue weighted by Gasteiger charge is -2.09. The molecule has 0 unspecified atom stereocenters. The first-order valence-electron chi connectivity index (χ1n) is 8.60. The zero-order valence-electron chi connectivity index (χ0n) is 15.1. The molecule has 3 rings (SSSR count). The van der Waals surface area contributed by atoms with Crippen molar-refractivity contribution in [1.82, 2.24) is 9.97 Å². The molecule has 0 radical (unpaired) electrons. The van der Waals surface area contributed by atoms with E-state index < -0.39 is 0 Å². The zero-order chi connectivity index (χ0) is 19.8. The summed E-state index contributed by atoms with van der Waals surface area (Å²) in [6.45, 7) is 4.57. The molecule has 0 aliphatic rings. The van der Waals surface area contributed by atoms with Crippen molar-refractivity contribution in [3.05, 3.63) is 89.7 Å². The second-order valence-corrected chi connectivity index (χ2v) is 6.27. The zero-order valence-corrected chi connectivity index (χ0v) is 15.8. The molecular weight excluding hydrogens is 376 g/mol. The molecule has 0 saturated heterocycles. The number of benzene rings is 2. The third-order valence-corrected chi connectivity index (χ3v) is 3.98. The highest BCUT2D eigenvalue weighted by Gasteiger charge is 2.09. The maximum atomic E-state index is 12.4. The van der Waals surface area contributed by atoms with Crippen LogP contribution in [0.15, 0.2) is 73.4 Å². The van der Waals surface area contributed by atoms with Gasteiger partial charge in [-0.15, -0.1) is 6.58 Å². The maximum absolute atomic E-state index is 12.4. The Kier molecular flexibility index (Phi) is 6.59. The van der Waals surface area contributed by atoms with Crippen LogP contribution in [0.5, 0.6) is 5.75 Å². The number of nitrogens with zero attached hydrogens (tertiary/aromatic N) is 2. The van der Waals surface area contributed by atoms with Crippen molar-refractivity contribution in [2.75, 3.05) is 17.2 Å². The van der Waals surface area contributed by atoms with Crippen molar-refractivity contribution < 1.29 is 9.53 Å². The SMILES string of the molecule is C=CCNc1nccc(C(=O)Nc2ccc(OCc3ccc(Cl)cc3)cc2)n1. The number of hydrogen-bond acceptors (Lipinski definition) is 5. The average Bonchev–Trinajstić information content (AvgIpc) is 2.73. The van der Waals surface area contributed by atoms with E-state index in [1.807, 2.05) is 24.3 Å². The van der Waals surface area contributed by atoms with Gasteiger partial charge in [0, 0.05) is 23.5 Å². The smallest absolute Gasteiger partial charge is 0.274 e. The summed E-state index contributed by atoms with van der Waals surface area (Å²) in [4.78, 5) is 20.6. The van der Waals surface area contributed by atoms with E-state index in [1.54, 1.807) is 36.4 Å². The molecular formula is C21H19ClN4O2. The molecule has 1 aromatic heterocycles. The van der Waals surface area contributed by atoms with E-state index in [4.69, 9.17) is 16.3 Å². The van der Waals surface area contributed by atoms with Crippen molar-refractivity contribution >= 4 is 29.1 Å². The highest BCUT2D eigenvalue weighted by Crippen LogP contribution is 2.18. The number of carbonyl (C=O) groups is 1. The molecule has 0 bridgehead atoms. The third kappa shape index (κ3) is 5.56. The van der Waals surface area contributed by atoms with Gasteiger partial charge in [0.2, 0.25) is 5.95 Å². The summed E-state index contributed by atoms with van der Waals surface area (Å²) >= 11 is 5.87. The number of hydrogen-bond donors (Lipinski definition) is 2. The fourth-order valence-corrected chi connectivity index (χ4v) is 2.44. The van der Waals surface area contributed by atoms with Crippen molar-refractivity contribution in [1.29, 1.82) is 0 Å². The van der Waals surface area contributed by atoms with Gasteiger partial charge in [-0.1, -0.05) is 29.8 Å². The Morgan fingerprint density at radius 3 is 2.57 bits per heavy atom. The third-order valence-electron chi connectivity index (χ3n) is 3.72. The summed E-state index contributed by atoms with van der Waals surface area (Å²) in [5.74, 6) is 0.753. The molecule has 0 aliphatic heterocycles. The van der Waals surface area contributed by atoms with Crippen LogP contribution < -0.4 is 15.4 Å². The Hall–Kier alpha value is -3.38. The molecule has 0 spiro atoms. The first kappa shape index (κ1) is 19.4. The second kappa shape index (κ2) is 9.53. The van der Waals surface area contributed by atoms with E-state index in [-0.39, 0.29) is 11.6 Å². The lowest BCUT2D eigenvalue weighted by atomic mass is 10.2. The van der Waals surface area contributed by atoms with Gasteiger partial charge in [0.15, 0.2) is 0 Å². The van der Waals surface area contributed by atoms with Gasteiger partial charge in [-0.2, -0.15) is 0 Å². The van der Waals surface area contributed by atoms with Crippen LogP contribution in [0.4, 0.5) is 11.6 Å². The van der Waals surface area contributed by atoms with Crippen molar-refractivity contribution in [3.63, 3.8) is 0 Å².